The normalized spacial score (nSPS) is 12.4. The number of oxazole rings is 1. The summed E-state index contributed by atoms with van der Waals surface area (Å²) in [6.45, 7) is 5.46. The summed E-state index contributed by atoms with van der Waals surface area (Å²) >= 11 is 0. The Kier molecular flexibility index (Phi) is 3.73. The molecule has 1 N–H and O–H groups in total. The van der Waals surface area contributed by atoms with Gasteiger partial charge < -0.3 is 9.73 Å². The lowest BCUT2D eigenvalue weighted by Gasteiger charge is -2.11. The van der Waals surface area contributed by atoms with Crippen LogP contribution >= 0.6 is 0 Å². The Morgan fingerprint density at radius 3 is 2.80 bits per heavy atom. The van der Waals surface area contributed by atoms with Gasteiger partial charge >= 0.3 is 5.69 Å². The van der Waals surface area contributed by atoms with Crippen LogP contribution in [0.5, 0.6) is 0 Å². The van der Waals surface area contributed by atoms with Gasteiger partial charge in [-0.25, -0.2) is 9.67 Å². The Labute approximate surface area is 116 Å². The van der Waals surface area contributed by atoms with Crippen molar-refractivity contribution in [3.63, 3.8) is 0 Å². The van der Waals surface area contributed by atoms with Crippen molar-refractivity contribution in [3.05, 3.63) is 33.7 Å². The standard InChI is InChI=1S/C12H17N5O3/c1-5-9-10(17(18)19)11(16(4)15-9)14-8(3)12-13-6-7(2)20-12/h6,8,14H,5H2,1-4H3. The highest BCUT2D eigenvalue weighted by atomic mass is 16.6. The number of nitrogens with one attached hydrogen (secondary N) is 1. The lowest BCUT2D eigenvalue weighted by Crippen LogP contribution is -2.11. The van der Waals surface area contributed by atoms with E-state index in [0.717, 1.165) is 0 Å². The average molecular weight is 279 g/mol. The summed E-state index contributed by atoms with van der Waals surface area (Å²) in [6.07, 6.45) is 2.11. The average Bonchev–Trinajstić information content (AvgIpc) is 2.94. The zero-order chi connectivity index (χ0) is 14.9. The van der Waals surface area contributed by atoms with Gasteiger partial charge in [0.1, 0.15) is 17.5 Å². The van der Waals surface area contributed by atoms with Crippen molar-refractivity contribution >= 4 is 11.5 Å². The van der Waals surface area contributed by atoms with Crippen LogP contribution in [0.4, 0.5) is 11.5 Å². The third kappa shape index (κ3) is 2.49. The van der Waals surface area contributed by atoms with Crippen LogP contribution < -0.4 is 5.32 Å². The highest BCUT2D eigenvalue weighted by Gasteiger charge is 2.27. The van der Waals surface area contributed by atoms with Gasteiger partial charge in [-0.1, -0.05) is 6.92 Å². The SMILES string of the molecule is CCc1nn(C)c(NC(C)c2ncc(C)o2)c1[N+](=O)[O-]. The van der Waals surface area contributed by atoms with E-state index in [0.29, 0.717) is 29.6 Å². The first kappa shape index (κ1) is 14.0. The quantitative estimate of drug-likeness (QED) is 0.666. The minimum absolute atomic E-state index is 0.00475. The molecule has 0 aliphatic rings. The summed E-state index contributed by atoms with van der Waals surface area (Å²) < 4.78 is 6.89. The molecule has 108 valence electrons. The molecular formula is C12H17N5O3. The second kappa shape index (κ2) is 5.32. The number of anilines is 1. The summed E-state index contributed by atoms with van der Waals surface area (Å²) in [7, 11) is 1.67. The third-order valence-electron chi connectivity index (χ3n) is 2.97. The van der Waals surface area contributed by atoms with Crippen molar-refractivity contribution in [2.24, 2.45) is 7.05 Å². The van der Waals surface area contributed by atoms with Crippen molar-refractivity contribution in [3.8, 4) is 0 Å². The summed E-state index contributed by atoms with van der Waals surface area (Å²) in [5.74, 6) is 1.54. The van der Waals surface area contributed by atoms with Crippen LogP contribution in [0.3, 0.4) is 0 Å². The van der Waals surface area contributed by atoms with Crippen LogP contribution in [-0.2, 0) is 13.5 Å². The minimum atomic E-state index is -0.415. The molecule has 2 rings (SSSR count). The molecule has 0 spiro atoms. The van der Waals surface area contributed by atoms with Gasteiger partial charge in [-0.3, -0.25) is 10.1 Å². The smallest absolute Gasteiger partial charge is 0.334 e. The molecule has 0 amide bonds. The van der Waals surface area contributed by atoms with Crippen LogP contribution in [0.25, 0.3) is 0 Å². The molecule has 8 nitrogen and oxygen atoms in total. The molecule has 0 aliphatic carbocycles. The van der Waals surface area contributed by atoms with Gasteiger partial charge in [-0.15, -0.1) is 0 Å². The molecule has 0 bridgehead atoms. The Bertz CT molecular complexity index is 631. The molecule has 8 heteroatoms. The van der Waals surface area contributed by atoms with Crippen LogP contribution in [-0.4, -0.2) is 19.7 Å². The lowest BCUT2D eigenvalue weighted by atomic mass is 10.2. The van der Waals surface area contributed by atoms with Gasteiger partial charge in [0.25, 0.3) is 0 Å². The second-order valence-electron chi connectivity index (χ2n) is 4.55. The van der Waals surface area contributed by atoms with Crippen LogP contribution in [0, 0.1) is 17.0 Å². The molecule has 0 radical (unpaired) electrons. The van der Waals surface area contributed by atoms with E-state index in [1.807, 2.05) is 13.8 Å². The molecule has 0 saturated heterocycles. The third-order valence-corrected chi connectivity index (χ3v) is 2.97. The summed E-state index contributed by atoms with van der Waals surface area (Å²) in [5, 5.41) is 18.4. The van der Waals surface area contributed by atoms with E-state index in [9.17, 15) is 10.1 Å². The minimum Gasteiger partial charge on any atom is -0.444 e. The fourth-order valence-electron chi connectivity index (χ4n) is 2.00. The van der Waals surface area contributed by atoms with Gasteiger partial charge in [0, 0.05) is 7.05 Å². The fourth-order valence-corrected chi connectivity index (χ4v) is 2.00. The van der Waals surface area contributed by atoms with Crippen molar-refractivity contribution in [2.45, 2.75) is 33.2 Å². The van der Waals surface area contributed by atoms with Crippen LogP contribution in [0.2, 0.25) is 0 Å². The number of aromatic nitrogens is 3. The summed E-state index contributed by atoms with van der Waals surface area (Å²) in [6, 6.07) is -0.289. The maximum atomic E-state index is 11.2. The predicted molar refractivity (Wildman–Crippen MR) is 72.5 cm³/mol. The van der Waals surface area contributed by atoms with Crippen molar-refractivity contribution in [1.82, 2.24) is 14.8 Å². The van der Waals surface area contributed by atoms with E-state index < -0.39 is 4.92 Å². The summed E-state index contributed by atoms with van der Waals surface area (Å²) in [4.78, 5) is 14.9. The summed E-state index contributed by atoms with van der Waals surface area (Å²) in [5.41, 5.74) is 0.459. The molecule has 1 atom stereocenters. The topological polar surface area (TPSA) is 99.0 Å². The molecule has 0 saturated carbocycles. The van der Waals surface area contributed by atoms with E-state index in [4.69, 9.17) is 4.42 Å². The molecule has 2 heterocycles. The van der Waals surface area contributed by atoms with E-state index in [-0.39, 0.29) is 11.7 Å². The molecule has 2 aromatic rings. The maximum absolute atomic E-state index is 11.2. The predicted octanol–water partition coefficient (Wildman–Crippen LogP) is 2.36. The largest absolute Gasteiger partial charge is 0.444 e. The van der Waals surface area contributed by atoms with Gasteiger partial charge in [-0.2, -0.15) is 5.10 Å². The van der Waals surface area contributed by atoms with Crippen molar-refractivity contribution < 1.29 is 9.34 Å². The monoisotopic (exact) mass is 279 g/mol. The Morgan fingerprint density at radius 2 is 2.30 bits per heavy atom. The second-order valence-corrected chi connectivity index (χ2v) is 4.55. The van der Waals surface area contributed by atoms with Crippen molar-refractivity contribution in [1.29, 1.82) is 0 Å². The Hall–Kier alpha value is -2.38. The zero-order valence-corrected chi connectivity index (χ0v) is 11.9. The fraction of sp³-hybridized carbons (Fsp3) is 0.500. The van der Waals surface area contributed by atoms with Crippen molar-refractivity contribution in [2.75, 3.05) is 5.32 Å². The van der Waals surface area contributed by atoms with E-state index in [2.05, 4.69) is 15.4 Å². The molecule has 20 heavy (non-hydrogen) atoms. The first-order valence-corrected chi connectivity index (χ1v) is 6.33. The highest BCUT2D eigenvalue weighted by molar-refractivity contribution is 5.60. The first-order valence-electron chi connectivity index (χ1n) is 6.33. The Morgan fingerprint density at radius 1 is 1.60 bits per heavy atom. The molecule has 0 aliphatic heterocycles. The van der Waals surface area contributed by atoms with Gasteiger partial charge in [0.05, 0.1) is 11.1 Å². The number of rotatable bonds is 5. The molecule has 0 fully saturated rings. The molecular weight excluding hydrogens is 262 g/mol. The molecule has 0 aromatic carbocycles. The van der Waals surface area contributed by atoms with Crippen LogP contribution in [0.15, 0.2) is 10.6 Å². The maximum Gasteiger partial charge on any atom is 0.334 e. The molecule has 1 unspecified atom stereocenters. The first-order chi connectivity index (χ1) is 9.43. The van der Waals surface area contributed by atoms with Gasteiger partial charge in [0.2, 0.25) is 11.7 Å². The van der Waals surface area contributed by atoms with E-state index in [1.165, 1.54) is 4.68 Å². The number of nitrogens with zero attached hydrogens (tertiary/aromatic N) is 4. The Balaban J connectivity index is 2.33. The highest BCUT2D eigenvalue weighted by Crippen LogP contribution is 2.31. The number of hydrogen-bond donors (Lipinski definition) is 1. The van der Waals surface area contributed by atoms with Gasteiger partial charge in [0.15, 0.2) is 0 Å². The molecule has 2 aromatic heterocycles. The number of nitro groups is 1. The van der Waals surface area contributed by atoms with Crippen LogP contribution in [0.1, 0.15) is 37.2 Å². The van der Waals surface area contributed by atoms with E-state index >= 15 is 0 Å². The van der Waals surface area contributed by atoms with Gasteiger partial charge in [-0.05, 0) is 20.3 Å². The van der Waals surface area contributed by atoms with E-state index in [1.54, 1.807) is 20.2 Å². The number of hydrogen-bond acceptors (Lipinski definition) is 6. The number of aryl methyl sites for hydroxylation is 3. The lowest BCUT2D eigenvalue weighted by molar-refractivity contribution is -0.384. The zero-order valence-electron chi connectivity index (χ0n) is 11.9.